The molecule has 1 heterocycles. The summed E-state index contributed by atoms with van der Waals surface area (Å²) in [5.74, 6) is 0.0316. The number of ether oxygens (including phenoxy) is 1. The minimum absolute atomic E-state index is 0.0555. The first-order chi connectivity index (χ1) is 12.3. The number of hydrogen-bond acceptors (Lipinski definition) is 2. The molecule has 0 amide bonds. The van der Waals surface area contributed by atoms with Gasteiger partial charge in [0.15, 0.2) is 0 Å². The molecule has 1 aliphatic rings. The van der Waals surface area contributed by atoms with Gasteiger partial charge in [-0.2, -0.15) is 0 Å². The van der Waals surface area contributed by atoms with Crippen LogP contribution in [-0.2, 0) is 9.53 Å². The Morgan fingerprint density at radius 2 is 1.16 bits per heavy atom. The standard InChI is InChI=1S/C23H18O2/c24-23-22(19-14-8-3-9-15-19)20(17-10-4-1-5-11-17)16-21(25-23)18-12-6-2-7-13-18/h1-16,20,22H. The molecule has 0 spiro atoms. The van der Waals surface area contributed by atoms with Crippen LogP contribution in [0.25, 0.3) is 5.76 Å². The van der Waals surface area contributed by atoms with E-state index in [0.717, 1.165) is 16.7 Å². The molecule has 0 saturated carbocycles. The van der Waals surface area contributed by atoms with Gasteiger partial charge in [-0.3, -0.25) is 4.79 Å². The van der Waals surface area contributed by atoms with Gasteiger partial charge >= 0.3 is 5.97 Å². The molecule has 3 aromatic carbocycles. The zero-order valence-corrected chi connectivity index (χ0v) is 13.7. The van der Waals surface area contributed by atoms with Crippen LogP contribution < -0.4 is 0 Å². The van der Waals surface area contributed by atoms with Crippen molar-refractivity contribution in [2.45, 2.75) is 11.8 Å². The van der Waals surface area contributed by atoms with Crippen molar-refractivity contribution in [1.82, 2.24) is 0 Å². The maximum Gasteiger partial charge on any atom is 0.319 e. The number of carbonyl (C=O) groups is 1. The van der Waals surface area contributed by atoms with Crippen LogP contribution >= 0.6 is 0 Å². The smallest absolute Gasteiger partial charge is 0.319 e. The van der Waals surface area contributed by atoms with Gasteiger partial charge in [0.05, 0.1) is 5.92 Å². The van der Waals surface area contributed by atoms with Crippen LogP contribution in [0, 0.1) is 0 Å². The van der Waals surface area contributed by atoms with Crippen molar-refractivity contribution in [3.05, 3.63) is 114 Å². The molecule has 2 heteroatoms. The van der Waals surface area contributed by atoms with Crippen LogP contribution in [0.4, 0.5) is 0 Å². The summed E-state index contributed by atoms with van der Waals surface area (Å²) in [6.45, 7) is 0. The lowest BCUT2D eigenvalue weighted by atomic mass is 9.79. The van der Waals surface area contributed by atoms with E-state index in [0.29, 0.717) is 5.76 Å². The largest absolute Gasteiger partial charge is 0.426 e. The Morgan fingerprint density at radius 1 is 0.640 bits per heavy atom. The molecule has 2 nitrogen and oxygen atoms in total. The van der Waals surface area contributed by atoms with Gasteiger partial charge in [-0.05, 0) is 17.2 Å². The third-order valence-corrected chi connectivity index (χ3v) is 4.56. The van der Waals surface area contributed by atoms with E-state index >= 15 is 0 Å². The van der Waals surface area contributed by atoms with Crippen LogP contribution in [0.15, 0.2) is 97.1 Å². The zero-order valence-electron chi connectivity index (χ0n) is 13.7. The Bertz CT molecular complexity index is 883. The third-order valence-electron chi connectivity index (χ3n) is 4.56. The number of cyclic esters (lactones) is 1. The van der Waals surface area contributed by atoms with Gasteiger partial charge in [0.2, 0.25) is 0 Å². The fourth-order valence-electron chi connectivity index (χ4n) is 3.34. The van der Waals surface area contributed by atoms with Gasteiger partial charge < -0.3 is 4.74 Å². The first-order valence-electron chi connectivity index (χ1n) is 8.42. The predicted molar refractivity (Wildman–Crippen MR) is 98.9 cm³/mol. The average Bonchev–Trinajstić information content (AvgIpc) is 2.69. The topological polar surface area (TPSA) is 26.3 Å². The van der Waals surface area contributed by atoms with Crippen LogP contribution in [0.1, 0.15) is 28.5 Å². The number of benzene rings is 3. The lowest BCUT2D eigenvalue weighted by molar-refractivity contribution is -0.139. The molecular formula is C23H18O2. The Hall–Kier alpha value is -3.13. The summed E-state index contributed by atoms with van der Waals surface area (Å²) >= 11 is 0. The summed E-state index contributed by atoms with van der Waals surface area (Å²) < 4.78 is 5.71. The number of rotatable bonds is 3. The molecule has 0 N–H and O–H groups in total. The number of carbonyl (C=O) groups excluding carboxylic acids is 1. The van der Waals surface area contributed by atoms with E-state index in [1.807, 2.05) is 78.9 Å². The highest BCUT2D eigenvalue weighted by Gasteiger charge is 2.36. The molecule has 0 aromatic heterocycles. The molecule has 1 aliphatic heterocycles. The highest BCUT2D eigenvalue weighted by atomic mass is 16.5. The molecule has 0 saturated heterocycles. The summed E-state index contributed by atoms with van der Waals surface area (Å²) in [5, 5.41) is 0. The predicted octanol–water partition coefficient (Wildman–Crippen LogP) is 5.15. The molecular weight excluding hydrogens is 308 g/mol. The summed E-state index contributed by atoms with van der Waals surface area (Å²) in [6.07, 6.45) is 2.07. The molecule has 2 atom stereocenters. The molecule has 2 unspecified atom stereocenters. The summed E-state index contributed by atoms with van der Waals surface area (Å²) in [4.78, 5) is 12.9. The van der Waals surface area contributed by atoms with E-state index in [-0.39, 0.29) is 17.8 Å². The highest BCUT2D eigenvalue weighted by Crippen LogP contribution is 2.41. The molecule has 3 aromatic rings. The van der Waals surface area contributed by atoms with Gasteiger partial charge in [-0.1, -0.05) is 91.0 Å². The Balaban J connectivity index is 1.83. The number of hydrogen-bond donors (Lipinski definition) is 0. The number of esters is 1. The van der Waals surface area contributed by atoms with Crippen molar-refractivity contribution in [3.63, 3.8) is 0 Å². The van der Waals surface area contributed by atoms with Crippen molar-refractivity contribution < 1.29 is 9.53 Å². The van der Waals surface area contributed by atoms with Gasteiger partial charge in [0.1, 0.15) is 5.76 Å². The van der Waals surface area contributed by atoms with Crippen LogP contribution in [-0.4, -0.2) is 5.97 Å². The quantitative estimate of drug-likeness (QED) is 0.622. The van der Waals surface area contributed by atoms with Crippen LogP contribution in [0.3, 0.4) is 0 Å². The second-order valence-corrected chi connectivity index (χ2v) is 6.14. The zero-order chi connectivity index (χ0) is 17.1. The van der Waals surface area contributed by atoms with Crippen molar-refractivity contribution in [2.75, 3.05) is 0 Å². The van der Waals surface area contributed by atoms with Gasteiger partial charge in [-0.25, -0.2) is 0 Å². The van der Waals surface area contributed by atoms with Crippen molar-refractivity contribution in [3.8, 4) is 0 Å². The molecule has 0 fully saturated rings. The van der Waals surface area contributed by atoms with Crippen molar-refractivity contribution >= 4 is 11.7 Å². The maximum absolute atomic E-state index is 12.9. The first-order valence-corrected chi connectivity index (χ1v) is 8.42. The molecule has 0 radical (unpaired) electrons. The van der Waals surface area contributed by atoms with Gasteiger partial charge in [-0.15, -0.1) is 0 Å². The van der Waals surface area contributed by atoms with E-state index in [9.17, 15) is 4.79 Å². The SMILES string of the molecule is O=C1OC(c2ccccc2)=CC(c2ccccc2)C1c1ccccc1. The van der Waals surface area contributed by atoms with E-state index in [2.05, 4.69) is 18.2 Å². The molecule has 0 aliphatic carbocycles. The number of allylic oxidation sites excluding steroid dienone is 1. The Labute approximate surface area is 147 Å². The molecule has 4 rings (SSSR count). The normalized spacial score (nSPS) is 19.8. The lowest BCUT2D eigenvalue weighted by Gasteiger charge is -2.29. The summed E-state index contributed by atoms with van der Waals surface area (Å²) in [5.41, 5.74) is 3.01. The fraction of sp³-hybridized carbons (Fsp3) is 0.0870. The Morgan fingerprint density at radius 3 is 1.76 bits per heavy atom. The van der Waals surface area contributed by atoms with Gasteiger partial charge in [0.25, 0.3) is 0 Å². The van der Waals surface area contributed by atoms with Crippen molar-refractivity contribution in [2.24, 2.45) is 0 Å². The van der Waals surface area contributed by atoms with E-state index in [1.54, 1.807) is 0 Å². The van der Waals surface area contributed by atoms with Crippen LogP contribution in [0.5, 0.6) is 0 Å². The second kappa shape index (κ2) is 6.78. The molecule has 25 heavy (non-hydrogen) atoms. The van der Waals surface area contributed by atoms with Gasteiger partial charge in [0, 0.05) is 11.5 Å². The summed E-state index contributed by atoms with van der Waals surface area (Å²) in [7, 11) is 0. The average molecular weight is 326 g/mol. The monoisotopic (exact) mass is 326 g/mol. The maximum atomic E-state index is 12.9. The third kappa shape index (κ3) is 3.11. The van der Waals surface area contributed by atoms with E-state index in [4.69, 9.17) is 4.74 Å². The molecule has 0 bridgehead atoms. The van der Waals surface area contributed by atoms with Crippen molar-refractivity contribution in [1.29, 1.82) is 0 Å². The minimum atomic E-state index is -0.337. The summed E-state index contributed by atoms with van der Waals surface area (Å²) in [6, 6.07) is 29.8. The van der Waals surface area contributed by atoms with E-state index in [1.165, 1.54) is 0 Å². The van der Waals surface area contributed by atoms with E-state index < -0.39 is 0 Å². The molecule has 122 valence electrons. The second-order valence-electron chi connectivity index (χ2n) is 6.14. The Kier molecular flexibility index (Phi) is 4.17. The fourth-order valence-corrected chi connectivity index (χ4v) is 3.34. The van der Waals surface area contributed by atoms with Crippen LogP contribution in [0.2, 0.25) is 0 Å². The lowest BCUT2D eigenvalue weighted by Crippen LogP contribution is -2.26. The highest BCUT2D eigenvalue weighted by molar-refractivity contribution is 5.88. The first kappa shape index (κ1) is 15.4. The minimum Gasteiger partial charge on any atom is -0.426 e.